The molecule has 1 aromatic carbocycles. The van der Waals surface area contributed by atoms with Crippen LogP contribution >= 0.6 is 0 Å². The first-order valence-electron chi connectivity index (χ1n) is 6.73. The van der Waals surface area contributed by atoms with Gasteiger partial charge in [-0.3, -0.25) is 9.59 Å². The topological polar surface area (TPSA) is 111 Å². The van der Waals surface area contributed by atoms with Crippen molar-refractivity contribution in [2.75, 3.05) is 6.54 Å². The lowest BCUT2D eigenvalue weighted by atomic mass is 10.2. The molecule has 1 N–H and O–H groups in total. The first-order valence-corrected chi connectivity index (χ1v) is 6.73. The van der Waals surface area contributed by atoms with Gasteiger partial charge >= 0.3 is 12.1 Å². The van der Waals surface area contributed by atoms with Crippen LogP contribution in [0.1, 0.15) is 18.4 Å². The molecule has 0 unspecified atom stereocenters. The van der Waals surface area contributed by atoms with E-state index in [1.165, 1.54) is 0 Å². The number of ether oxygens (including phenoxy) is 1. The monoisotopic (exact) mass is 322 g/mol. The van der Waals surface area contributed by atoms with E-state index in [0.717, 1.165) is 5.56 Å². The van der Waals surface area contributed by atoms with Crippen LogP contribution in [0.4, 0.5) is 4.79 Å². The molecule has 0 spiro atoms. The first kappa shape index (κ1) is 16.4. The molecule has 1 aromatic rings. The van der Waals surface area contributed by atoms with E-state index in [-0.39, 0.29) is 19.4 Å². The molecule has 122 valence electrons. The van der Waals surface area contributed by atoms with Crippen LogP contribution < -0.4 is 5.48 Å². The van der Waals surface area contributed by atoms with Gasteiger partial charge in [0.1, 0.15) is 13.2 Å². The summed E-state index contributed by atoms with van der Waals surface area (Å²) in [5.74, 6) is -2.14. The van der Waals surface area contributed by atoms with Crippen molar-refractivity contribution in [2.45, 2.75) is 19.4 Å². The number of hydroxylamine groups is 3. The van der Waals surface area contributed by atoms with Crippen molar-refractivity contribution >= 4 is 23.9 Å². The molecule has 1 fully saturated rings. The van der Waals surface area contributed by atoms with E-state index in [2.05, 4.69) is 9.68 Å². The summed E-state index contributed by atoms with van der Waals surface area (Å²) in [5, 5.41) is 0.401. The Morgan fingerprint density at radius 3 is 2.39 bits per heavy atom. The fourth-order valence-electron chi connectivity index (χ4n) is 1.69. The highest BCUT2D eigenvalue weighted by Crippen LogP contribution is 2.11. The zero-order chi connectivity index (χ0) is 16.7. The molecular weight excluding hydrogens is 308 g/mol. The average molecular weight is 322 g/mol. The number of imide groups is 1. The lowest BCUT2D eigenvalue weighted by Crippen LogP contribution is -2.36. The molecule has 1 aliphatic heterocycles. The molecule has 23 heavy (non-hydrogen) atoms. The maximum atomic E-state index is 11.4. The number of nitrogens with zero attached hydrogens (tertiary/aromatic N) is 1. The number of hydrogen-bond donors (Lipinski definition) is 1. The van der Waals surface area contributed by atoms with Gasteiger partial charge in [-0.2, -0.15) is 0 Å². The summed E-state index contributed by atoms with van der Waals surface area (Å²) in [6.45, 7) is -0.528. The molecule has 1 heterocycles. The summed E-state index contributed by atoms with van der Waals surface area (Å²) in [4.78, 5) is 54.1. The highest BCUT2D eigenvalue weighted by molar-refractivity contribution is 6.01. The summed E-state index contributed by atoms with van der Waals surface area (Å²) in [6, 6.07) is 8.94. The lowest BCUT2D eigenvalue weighted by molar-refractivity contribution is -0.197. The molecule has 0 radical (unpaired) electrons. The maximum Gasteiger partial charge on any atom is 0.528 e. The molecular formula is C14H14N2O7. The number of amides is 2. The van der Waals surface area contributed by atoms with Gasteiger partial charge in [0.15, 0.2) is 0 Å². The van der Waals surface area contributed by atoms with Crippen LogP contribution in [-0.2, 0) is 35.4 Å². The zero-order valence-corrected chi connectivity index (χ0v) is 12.0. The Morgan fingerprint density at radius 2 is 1.74 bits per heavy atom. The van der Waals surface area contributed by atoms with Crippen molar-refractivity contribution in [1.82, 2.24) is 10.5 Å². The van der Waals surface area contributed by atoms with Crippen LogP contribution in [0.5, 0.6) is 0 Å². The van der Waals surface area contributed by atoms with Crippen LogP contribution in [-0.4, -0.2) is 35.5 Å². The van der Waals surface area contributed by atoms with Gasteiger partial charge in [0, 0.05) is 12.8 Å². The molecule has 1 aliphatic rings. The Bertz CT molecular complexity index is 586. The van der Waals surface area contributed by atoms with Crippen molar-refractivity contribution in [1.29, 1.82) is 0 Å². The molecule has 0 bridgehead atoms. The zero-order valence-electron chi connectivity index (χ0n) is 12.0. The second-order valence-corrected chi connectivity index (χ2v) is 4.49. The van der Waals surface area contributed by atoms with Gasteiger partial charge in [-0.05, 0) is 5.56 Å². The molecule has 1 saturated heterocycles. The highest BCUT2D eigenvalue weighted by atomic mass is 16.8. The van der Waals surface area contributed by atoms with Gasteiger partial charge in [0.05, 0.1) is 0 Å². The number of carbonyl (C=O) groups excluding carboxylic acids is 4. The van der Waals surface area contributed by atoms with Crippen LogP contribution in [0, 0.1) is 0 Å². The molecule has 0 saturated carbocycles. The molecule has 0 aromatic heterocycles. The number of benzene rings is 1. The van der Waals surface area contributed by atoms with Crippen molar-refractivity contribution < 1.29 is 33.6 Å². The third kappa shape index (κ3) is 5.08. The molecule has 9 heteroatoms. The van der Waals surface area contributed by atoms with E-state index in [9.17, 15) is 19.2 Å². The van der Waals surface area contributed by atoms with Crippen LogP contribution in [0.3, 0.4) is 0 Å². The minimum atomic E-state index is -1.03. The summed E-state index contributed by atoms with van der Waals surface area (Å²) < 4.78 is 4.78. The summed E-state index contributed by atoms with van der Waals surface area (Å²) in [6.07, 6.45) is -1.03. The van der Waals surface area contributed by atoms with E-state index in [4.69, 9.17) is 4.74 Å². The van der Waals surface area contributed by atoms with E-state index >= 15 is 0 Å². The van der Waals surface area contributed by atoms with E-state index in [1.807, 2.05) is 11.5 Å². The quantitative estimate of drug-likeness (QED) is 0.456. The van der Waals surface area contributed by atoms with Gasteiger partial charge in [-0.25, -0.2) is 9.59 Å². The SMILES string of the molecule is O=C(CNOC(=O)OCc1ccccc1)ON1C(=O)CCC1=O. The second kappa shape index (κ2) is 7.90. The molecule has 0 atom stereocenters. The Kier molecular flexibility index (Phi) is 5.64. The first-order chi connectivity index (χ1) is 11.1. The predicted molar refractivity (Wildman–Crippen MR) is 72.9 cm³/mol. The van der Waals surface area contributed by atoms with Crippen LogP contribution in [0.2, 0.25) is 0 Å². The maximum absolute atomic E-state index is 11.4. The van der Waals surface area contributed by atoms with Crippen molar-refractivity contribution in [3.8, 4) is 0 Å². The van der Waals surface area contributed by atoms with Crippen LogP contribution in [0.15, 0.2) is 30.3 Å². The van der Waals surface area contributed by atoms with E-state index in [1.54, 1.807) is 24.3 Å². The summed E-state index contributed by atoms with van der Waals surface area (Å²) in [5.41, 5.74) is 2.80. The number of carbonyl (C=O) groups is 4. The predicted octanol–water partition coefficient (Wildman–Crippen LogP) is 0.452. The van der Waals surface area contributed by atoms with Gasteiger partial charge in [-0.1, -0.05) is 30.3 Å². The third-order valence-corrected chi connectivity index (χ3v) is 2.77. The lowest BCUT2D eigenvalue weighted by Gasteiger charge is -2.12. The Balaban J connectivity index is 1.62. The summed E-state index contributed by atoms with van der Waals surface area (Å²) >= 11 is 0. The van der Waals surface area contributed by atoms with Crippen LogP contribution in [0.25, 0.3) is 0 Å². The fourth-order valence-corrected chi connectivity index (χ4v) is 1.69. The number of hydrogen-bond acceptors (Lipinski definition) is 8. The van der Waals surface area contributed by atoms with Crippen molar-refractivity contribution in [3.05, 3.63) is 35.9 Å². The largest absolute Gasteiger partial charge is 0.528 e. The highest BCUT2D eigenvalue weighted by Gasteiger charge is 2.32. The standard InChI is InChI=1S/C14H14N2O7/c17-11-6-7-12(18)16(11)23-13(19)8-15-22-14(20)21-9-10-4-2-1-3-5-10/h1-5,15H,6-9H2. The third-order valence-electron chi connectivity index (χ3n) is 2.77. The van der Waals surface area contributed by atoms with E-state index in [0.29, 0.717) is 5.06 Å². The Morgan fingerprint density at radius 1 is 1.09 bits per heavy atom. The summed E-state index contributed by atoms with van der Waals surface area (Å²) in [7, 11) is 0. The van der Waals surface area contributed by atoms with Gasteiger partial charge in [-0.15, -0.1) is 10.5 Å². The second-order valence-electron chi connectivity index (χ2n) is 4.49. The molecule has 2 amide bonds. The number of rotatable bonds is 6. The normalized spacial score (nSPS) is 13.8. The molecule has 2 rings (SSSR count). The molecule has 9 nitrogen and oxygen atoms in total. The minimum absolute atomic E-state index is 0.00184. The average Bonchev–Trinajstić information content (AvgIpc) is 2.86. The number of nitrogens with one attached hydrogen (secondary N) is 1. The van der Waals surface area contributed by atoms with E-state index < -0.39 is 30.5 Å². The van der Waals surface area contributed by atoms with Gasteiger partial charge in [0.2, 0.25) is 0 Å². The van der Waals surface area contributed by atoms with Gasteiger partial charge in [0.25, 0.3) is 11.8 Å². The minimum Gasteiger partial charge on any atom is -0.428 e. The Labute approximate surface area is 131 Å². The van der Waals surface area contributed by atoms with Crippen molar-refractivity contribution in [2.24, 2.45) is 0 Å². The van der Waals surface area contributed by atoms with Crippen molar-refractivity contribution in [3.63, 3.8) is 0 Å². The fraction of sp³-hybridized carbons (Fsp3) is 0.286. The Hall–Kier alpha value is -2.94. The van der Waals surface area contributed by atoms with Gasteiger partial charge < -0.3 is 14.4 Å². The smallest absolute Gasteiger partial charge is 0.428 e. The molecule has 0 aliphatic carbocycles.